The summed E-state index contributed by atoms with van der Waals surface area (Å²) in [5, 5.41) is 13.8. The Kier molecular flexibility index (Phi) is 4.76. The Morgan fingerprint density at radius 3 is 3.25 bits per heavy atom. The summed E-state index contributed by atoms with van der Waals surface area (Å²) < 4.78 is 0. The van der Waals surface area contributed by atoms with Crippen molar-refractivity contribution < 1.29 is 0 Å². The maximum atomic E-state index is 4.11. The maximum Gasteiger partial charge on any atom is 0.137 e. The molecular formula is C11H21N5. The smallest absolute Gasteiger partial charge is 0.137 e. The summed E-state index contributed by atoms with van der Waals surface area (Å²) >= 11 is 0. The molecule has 1 aromatic heterocycles. The average molecular weight is 223 g/mol. The van der Waals surface area contributed by atoms with Crippen LogP contribution in [0.1, 0.15) is 31.5 Å². The fraction of sp³-hybridized carbons (Fsp3) is 0.818. The Hall–Kier alpha value is -0.940. The van der Waals surface area contributed by atoms with Crippen molar-refractivity contribution in [1.29, 1.82) is 0 Å². The fourth-order valence-corrected chi connectivity index (χ4v) is 2.14. The summed E-state index contributed by atoms with van der Waals surface area (Å²) in [7, 11) is 0. The lowest BCUT2D eigenvalue weighted by molar-refractivity contribution is 0.463. The number of hydrogen-bond donors (Lipinski definition) is 3. The second-order valence-corrected chi connectivity index (χ2v) is 4.37. The van der Waals surface area contributed by atoms with E-state index in [0.29, 0.717) is 6.04 Å². The minimum Gasteiger partial charge on any atom is -0.317 e. The molecule has 1 aliphatic rings. The lowest BCUT2D eigenvalue weighted by atomic mass is 10.1. The predicted octanol–water partition coefficient (Wildman–Crippen LogP) is 0.469. The van der Waals surface area contributed by atoms with E-state index in [2.05, 4.69) is 25.8 Å². The van der Waals surface area contributed by atoms with Crippen LogP contribution in [-0.2, 0) is 6.42 Å². The third-order valence-electron chi connectivity index (χ3n) is 3.06. The molecule has 0 amide bonds. The molecule has 1 atom stereocenters. The molecule has 0 saturated carbocycles. The largest absolute Gasteiger partial charge is 0.317 e. The van der Waals surface area contributed by atoms with E-state index < -0.39 is 0 Å². The number of aromatic amines is 1. The van der Waals surface area contributed by atoms with Crippen LogP contribution in [0.25, 0.3) is 0 Å². The molecule has 90 valence electrons. The molecule has 5 nitrogen and oxygen atoms in total. The van der Waals surface area contributed by atoms with Crippen LogP contribution in [0.15, 0.2) is 6.33 Å². The summed E-state index contributed by atoms with van der Waals surface area (Å²) in [5.41, 5.74) is 0. The first-order valence-electron chi connectivity index (χ1n) is 6.23. The Balaban J connectivity index is 1.56. The van der Waals surface area contributed by atoms with Crippen molar-refractivity contribution in [2.45, 2.75) is 38.1 Å². The molecule has 2 heterocycles. The monoisotopic (exact) mass is 223 g/mol. The van der Waals surface area contributed by atoms with Gasteiger partial charge >= 0.3 is 0 Å². The molecular weight excluding hydrogens is 202 g/mol. The van der Waals surface area contributed by atoms with Gasteiger partial charge in [-0.3, -0.25) is 5.10 Å². The van der Waals surface area contributed by atoms with Gasteiger partial charge in [0.2, 0.25) is 0 Å². The van der Waals surface area contributed by atoms with Crippen molar-refractivity contribution in [2.24, 2.45) is 0 Å². The van der Waals surface area contributed by atoms with Gasteiger partial charge in [0.15, 0.2) is 0 Å². The number of hydrogen-bond acceptors (Lipinski definition) is 4. The van der Waals surface area contributed by atoms with Gasteiger partial charge in [0, 0.05) is 12.5 Å². The average Bonchev–Trinajstić information content (AvgIpc) is 2.68. The highest BCUT2D eigenvalue weighted by Gasteiger charge is 2.10. The van der Waals surface area contributed by atoms with E-state index in [1.54, 1.807) is 6.33 Å². The number of aromatic nitrogens is 3. The highest BCUT2D eigenvalue weighted by molar-refractivity contribution is 4.80. The Morgan fingerprint density at radius 1 is 1.38 bits per heavy atom. The summed E-state index contributed by atoms with van der Waals surface area (Å²) in [6.45, 7) is 3.40. The molecule has 0 bridgehead atoms. The molecule has 2 rings (SSSR count). The quantitative estimate of drug-likeness (QED) is 0.635. The summed E-state index contributed by atoms with van der Waals surface area (Å²) in [4.78, 5) is 4.11. The molecule has 1 fully saturated rings. The molecule has 1 saturated heterocycles. The Bertz CT molecular complexity index is 264. The highest BCUT2D eigenvalue weighted by atomic mass is 15.2. The lowest BCUT2D eigenvalue weighted by Crippen LogP contribution is -2.31. The molecule has 5 heteroatoms. The third kappa shape index (κ3) is 3.90. The summed E-state index contributed by atoms with van der Waals surface area (Å²) in [6.07, 6.45) is 7.52. The molecule has 0 spiro atoms. The minimum atomic E-state index is 0.699. The van der Waals surface area contributed by atoms with Crippen molar-refractivity contribution in [2.75, 3.05) is 19.6 Å². The van der Waals surface area contributed by atoms with Crippen LogP contribution in [0, 0.1) is 0 Å². The van der Waals surface area contributed by atoms with Gasteiger partial charge in [0.1, 0.15) is 12.2 Å². The number of nitrogens with zero attached hydrogens (tertiary/aromatic N) is 2. The lowest BCUT2D eigenvalue weighted by Gasteiger charge is -2.15. The molecule has 1 unspecified atom stereocenters. The molecule has 0 aromatic carbocycles. The van der Waals surface area contributed by atoms with E-state index in [0.717, 1.165) is 31.8 Å². The summed E-state index contributed by atoms with van der Waals surface area (Å²) in [6, 6.07) is 0.699. The van der Waals surface area contributed by atoms with Gasteiger partial charge in [0.05, 0.1) is 0 Å². The van der Waals surface area contributed by atoms with Crippen molar-refractivity contribution in [3.05, 3.63) is 12.2 Å². The Labute approximate surface area is 96.4 Å². The van der Waals surface area contributed by atoms with Crippen LogP contribution in [-0.4, -0.2) is 40.9 Å². The van der Waals surface area contributed by atoms with Crippen molar-refractivity contribution in [3.8, 4) is 0 Å². The van der Waals surface area contributed by atoms with Gasteiger partial charge in [-0.1, -0.05) is 0 Å². The van der Waals surface area contributed by atoms with E-state index in [9.17, 15) is 0 Å². The first-order chi connectivity index (χ1) is 7.95. The van der Waals surface area contributed by atoms with Gasteiger partial charge in [-0.25, -0.2) is 4.98 Å². The predicted molar refractivity (Wildman–Crippen MR) is 63.2 cm³/mol. The van der Waals surface area contributed by atoms with Gasteiger partial charge < -0.3 is 10.6 Å². The maximum absolute atomic E-state index is 4.11. The van der Waals surface area contributed by atoms with Gasteiger partial charge in [-0.2, -0.15) is 5.10 Å². The van der Waals surface area contributed by atoms with E-state index in [1.807, 2.05) is 0 Å². The van der Waals surface area contributed by atoms with Crippen LogP contribution in [0.2, 0.25) is 0 Å². The SMILES string of the molecule is c1n[nH]c(CCCNC2CCCNCC2)n1. The van der Waals surface area contributed by atoms with Gasteiger partial charge in [-0.05, 0) is 45.3 Å². The second-order valence-electron chi connectivity index (χ2n) is 4.37. The molecule has 1 aliphatic heterocycles. The number of nitrogens with one attached hydrogen (secondary N) is 3. The first kappa shape index (κ1) is 11.5. The third-order valence-corrected chi connectivity index (χ3v) is 3.06. The van der Waals surface area contributed by atoms with Crippen LogP contribution < -0.4 is 10.6 Å². The molecule has 0 radical (unpaired) electrons. The number of rotatable bonds is 5. The van der Waals surface area contributed by atoms with E-state index in [-0.39, 0.29) is 0 Å². The minimum absolute atomic E-state index is 0.699. The van der Waals surface area contributed by atoms with Crippen LogP contribution in [0.5, 0.6) is 0 Å². The molecule has 3 N–H and O–H groups in total. The van der Waals surface area contributed by atoms with Crippen LogP contribution in [0.3, 0.4) is 0 Å². The van der Waals surface area contributed by atoms with Crippen molar-refractivity contribution in [3.63, 3.8) is 0 Å². The standard InChI is InChI=1S/C11H21N5/c1-3-10(5-8-12-6-1)13-7-2-4-11-14-9-15-16-11/h9-10,12-13H,1-8H2,(H,14,15,16). The summed E-state index contributed by atoms with van der Waals surface area (Å²) in [5.74, 6) is 0.990. The fourth-order valence-electron chi connectivity index (χ4n) is 2.14. The zero-order chi connectivity index (χ0) is 11.1. The highest BCUT2D eigenvalue weighted by Crippen LogP contribution is 2.04. The van der Waals surface area contributed by atoms with Gasteiger partial charge in [0.25, 0.3) is 0 Å². The van der Waals surface area contributed by atoms with Crippen LogP contribution >= 0.6 is 0 Å². The first-order valence-corrected chi connectivity index (χ1v) is 6.23. The topological polar surface area (TPSA) is 65.6 Å². The molecule has 1 aromatic rings. The van der Waals surface area contributed by atoms with Crippen molar-refractivity contribution >= 4 is 0 Å². The zero-order valence-electron chi connectivity index (χ0n) is 9.71. The van der Waals surface area contributed by atoms with E-state index in [4.69, 9.17) is 0 Å². The Morgan fingerprint density at radius 2 is 2.38 bits per heavy atom. The molecule has 0 aliphatic carbocycles. The van der Waals surface area contributed by atoms with Crippen LogP contribution in [0.4, 0.5) is 0 Å². The number of aryl methyl sites for hydroxylation is 1. The van der Waals surface area contributed by atoms with E-state index >= 15 is 0 Å². The second kappa shape index (κ2) is 6.60. The van der Waals surface area contributed by atoms with E-state index in [1.165, 1.54) is 25.8 Å². The van der Waals surface area contributed by atoms with Crippen molar-refractivity contribution in [1.82, 2.24) is 25.8 Å². The normalized spacial score (nSPS) is 21.9. The number of H-pyrrole nitrogens is 1. The molecule has 16 heavy (non-hydrogen) atoms. The van der Waals surface area contributed by atoms with Gasteiger partial charge in [-0.15, -0.1) is 0 Å². The zero-order valence-corrected chi connectivity index (χ0v) is 9.71.